The van der Waals surface area contributed by atoms with Gasteiger partial charge in [-0.05, 0) is 52.5 Å². The van der Waals surface area contributed by atoms with Crippen LogP contribution in [0.15, 0.2) is 46.9 Å². The van der Waals surface area contributed by atoms with E-state index in [1.54, 1.807) is 12.1 Å². The van der Waals surface area contributed by atoms with Crippen molar-refractivity contribution >= 4 is 21.8 Å². The smallest absolute Gasteiger partial charge is 0.255 e. The fourth-order valence-corrected chi connectivity index (χ4v) is 2.53. The van der Waals surface area contributed by atoms with Crippen LogP contribution in [0, 0.1) is 12.7 Å². The molecule has 0 heterocycles. The van der Waals surface area contributed by atoms with Crippen LogP contribution in [0.3, 0.4) is 0 Å². The molecular formula is C16H15BrFNO. The Kier molecular flexibility index (Phi) is 4.90. The van der Waals surface area contributed by atoms with Gasteiger partial charge >= 0.3 is 0 Å². The third-order valence-electron chi connectivity index (χ3n) is 3.13. The molecule has 2 aromatic carbocycles. The molecular weight excluding hydrogens is 321 g/mol. The number of carbonyl (C=O) groups is 1. The number of amides is 1. The molecule has 1 amide bonds. The summed E-state index contributed by atoms with van der Waals surface area (Å²) in [6, 6.07) is 12.5. The first-order valence-corrected chi connectivity index (χ1v) is 7.15. The van der Waals surface area contributed by atoms with Gasteiger partial charge in [0, 0.05) is 11.0 Å². The molecule has 0 saturated heterocycles. The number of hydrogen-bond donors (Lipinski definition) is 1. The van der Waals surface area contributed by atoms with Crippen molar-refractivity contribution in [2.45, 2.75) is 13.3 Å². The van der Waals surface area contributed by atoms with E-state index in [4.69, 9.17) is 0 Å². The van der Waals surface area contributed by atoms with Crippen LogP contribution in [0.4, 0.5) is 4.39 Å². The van der Waals surface area contributed by atoms with Gasteiger partial charge in [-0.1, -0.05) is 30.3 Å². The molecule has 0 atom stereocenters. The lowest BCUT2D eigenvalue weighted by atomic mass is 10.1. The number of benzene rings is 2. The molecule has 2 nitrogen and oxygen atoms in total. The first kappa shape index (κ1) is 14.7. The number of carbonyl (C=O) groups excluding carboxylic acids is 1. The predicted octanol–water partition coefficient (Wildman–Crippen LogP) is 3.87. The first-order valence-electron chi connectivity index (χ1n) is 6.36. The minimum Gasteiger partial charge on any atom is -0.352 e. The summed E-state index contributed by atoms with van der Waals surface area (Å²) >= 11 is 3.20. The largest absolute Gasteiger partial charge is 0.352 e. The highest BCUT2D eigenvalue weighted by molar-refractivity contribution is 9.10. The van der Waals surface area contributed by atoms with Gasteiger partial charge in [0.05, 0.1) is 5.56 Å². The monoisotopic (exact) mass is 335 g/mol. The summed E-state index contributed by atoms with van der Waals surface area (Å²) in [6.45, 7) is 2.51. The molecule has 0 aromatic heterocycles. The van der Waals surface area contributed by atoms with Gasteiger partial charge in [-0.25, -0.2) is 4.39 Å². The van der Waals surface area contributed by atoms with E-state index in [9.17, 15) is 9.18 Å². The number of nitrogens with one attached hydrogen (secondary N) is 1. The van der Waals surface area contributed by atoms with Crippen molar-refractivity contribution in [1.29, 1.82) is 0 Å². The summed E-state index contributed by atoms with van der Waals surface area (Å²) in [7, 11) is 0. The molecule has 0 unspecified atom stereocenters. The summed E-state index contributed by atoms with van der Waals surface area (Å²) < 4.78 is 14.1. The zero-order chi connectivity index (χ0) is 14.5. The van der Waals surface area contributed by atoms with Crippen molar-refractivity contribution in [3.05, 3.63) is 69.4 Å². The first-order chi connectivity index (χ1) is 9.59. The van der Waals surface area contributed by atoms with E-state index in [2.05, 4.69) is 21.2 Å². The second kappa shape index (κ2) is 6.66. The van der Waals surface area contributed by atoms with Crippen LogP contribution < -0.4 is 5.32 Å². The maximum Gasteiger partial charge on any atom is 0.255 e. The van der Waals surface area contributed by atoms with Crippen molar-refractivity contribution in [3.63, 3.8) is 0 Å². The van der Waals surface area contributed by atoms with Crippen LogP contribution in [0.1, 0.15) is 21.5 Å². The normalized spacial score (nSPS) is 10.3. The van der Waals surface area contributed by atoms with Crippen LogP contribution in [-0.2, 0) is 6.42 Å². The molecule has 0 saturated carbocycles. The molecule has 2 rings (SSSR count). The average molecular weight is 336 g/mol. The average Bonchev–Trinajstić information content (AvgIpc) is 2.41. The SMILES string of the molecule is Cc1ccccc1CCNC(=O)c1c(F)cccc1Br. The van der Waals surface area contributed by atoms with Crippen molar-refractivity contribution in [2.24, 2.45) is 0 Å². The molecule has 0 radical (unpaired) electrons. The van der Waals surface area contributed by atoms with E-state index in [1.165, 1.54) is 17.2 Å². The Labute approximate surface area is 126 Å². The Balaban J connectivity index is 1.98. The highest BCUT2D eigenvalue weighted by Crippen LogP contribution is 2.19. The van der Waals surface area contributed by atoms with Crippen LogP contribution in [0.25, 0.3) is 0 Å². The highest BCUT2D eigenvalue weighted by atomic mass is 79.9. The van der Waals surface area contributed by atoms with E-state index in [0.717, 1.165) is 6.42 Å². The zero-order valence-corrected chi connectivity index (χ0v) is 12.7. The third kappa shape index (κ3) is 3.45. The van der Waals surface area contributed by atoms with Gasteiger partial charge in [0.15, 0.2) is 0 Å². The van der Waals surface area contributed by atoms with Gasteiger partial charge in [-0.3, -0.25) is 4.79 Å². The lowest BCUT2D eigenvalue weighted by molar-refractivity contribution is 0.0949. The summed E-state index contributed by atoms with van der Waals surface area (Å²) in [5.74, 6) is -0.920. The summed E-state index contributed by atoms with van der Waals surface area (Å²) in [5, 5.41) is 2.75. The minimum absolute atomic E-state index is 0.0530. The molecule has 0 aliphatic carbocycles. The van der Waals surface area contributed by atoms with Crippen LogP contribution in [0.2, 0.25) is 0 Å². The topological polar surface area (TPSA) is 29.1 Å². The second-order valence-corrected chi connectivity index (χ2v) is 5.38. The van der Waals surface area contributed by atoms with Crippen LogP contribution in [0.5, 0.6) is 0 Å². The predicted molar refractivity (Wildman–Crippen MR) is 81.3 cm³/mol. The maximum absolute atomic E-state index is 13.6. The molecule has 4 heteroatoms. The van der Waals surface area contributed by atoms with Gasteiger partial charge < -0.3 is 5.32 Å². The number of halogens is 2. The molecule has 1 N–H and O–H groups in total. The maximum atomic E-state index is 13.6. The standard InChI is InChI=1S/C16H15BrFNO/c1-11-5-2-3-6-12(11)9-10-19-16(20)15-13(17)7-4-8-14(15)18/h2-8H,9-10H2,1H3,(H,19,20). The summed E-state index contributed by atoms with van der Waals surface area (Å²) in [4.78, 5) is 12.0. The van der Waals surface area contributed by atoms with E-state index in [-0.39, 0.29) is 5.56 Å². The Morgan fingerprint density at radius 2 is 1.95 bits per heavy atom. The van der Waals surface area contributed by atoms with E-state index < -0.39 is 11.7 Å². The van der Waals surface area contributed by atoms with E-state index >= 15 is 0 Å². The van der Waals surface area contributed by atoms with Crippen molar-refractivity contribution < 1.29 is 9.18 Å². The Hall–Kier alpha value is -1.68. The van der Waals surface area contributed by atoms with Crippen molar-refractivity contribution in [1.82, 2.24) is 5.32 Å². The molecule has 0 spiro atoms. The lowest BCUT2D eigenvalue weighted by Crippen LogP contribution is -2.27. The van der Waals surface area contributed by atoms with Crippen LogP contribution >= 0.6 is 15.9 Å². The number of rotatable bonds is 4. The number of hydrogen-bond acceptors (Lipinski definition) is 1. The second-order valence-electron chi connectivity index (χ2n) is 4.53. The summed E-state index contributed by atoms with van der Waals surface area (Å²) in [5.41, 5.74) is 2.42. The van der Waals surface area contributed by atoms with Gasteiger partial charge in [-0.15, -0.1) is 0 Å². The lowest BCUT2D eigenvalue weighted by Gasteiger charge is -2.09. The van der Waals surface area contributed by atoms with Gasteiger partial charge in [0.2, 0.25) is 0 Å². The fourth-order valence-electron chi connectivity index (χ4n) is 2.00. The zero-order valence-electron chi connectivity index (χ0n) is 11.1. The van der Waals surface area contributed by atoms with Crippen molar-refractivity contribution in [3.8, 4) is 0 Å². The molecule has 0 bridgehead atoms. The summed E-state index contributed by atoms with van der Waals surface area (Å²) in [6.07, 6.45) is 0.727. The Morgan fingerprint density at radius 3 is 2.65 bits per heavy atom. The van der Waals surface area contributed by atoms with E-state index in [0.29, 0.717) is 11.0 Å². The molecule has 0 aliphatic heterocycles. The van der Waals surface area contributed by atoms with Crippen molar-refractivity contribution in [2.75, 3.05) is 6.54 Å². The quantitative estimate of drug-likeness (QED) is 0.902. The number of aryl methyl sites for hydroxylation is 1. The molecule has 104 valence electrons. The van der Waals surface area contributed by atoms with Gasteiger partial charge in [-0.2, -0.15) is 0 Å². The third-order valence-corrected chi connectivity index (χ3v) is 3.79. The molecule has 0 fully saturated rings. The van der Waals surface area contributed by atoms with Gasteiger partial charge in [0.25, 0.3) is 5.91 Å². The highest BCUT2D eigenvalue weighted by Gasteiger charge is 2.14. The fraction of sp³-hybridized carbons (Fsp3) is 0.188. The molecule has 0 aliphatic rings. The molecule has 20 heavy (non-hydrogen) atoms. The van der Waals surface area contributed by atoms with E-state index in [1.807, 2.05) is 31.2 Å². The Morgan fingerprint density at radius 1 is 1.20 bits per heavy atom. The molecule has 2 aromatic rings. The van der Waals surface area contributed by atoms with Gasteiger partial charge in [0.1, 0.15) is 5.82 Å². The minimum atomic E-state index is -0.521. The Bertz CT molecular complexity index is 607. The van der Waals surface area contributed by atoms with Crippen LogP contribution in [-0.4, -0.2) is 12.5 Å².